The molecule has 3 aromatic rings. The van der Waals surface area contributed by atoms with Crippen molar-refractivity contribution in [1.82, 2.24) is 10.2 Å². The van der Waals surface area contributed by atoms with E-state index in [0.29, 0.717) is 5.52 Å². The summed E-state index contributed by atoms with van der Waals surface area (Å²) in [5.74, 6) is -0.954. The normalized spacial score (nSPS) is 10.8. The van der Waals surface area contributed by atoms with E-state index in [9.17, 15) is 4.79 Å². The quantitative estimate of drug-likeness (QED) is 0.735. The van der Waals surface area contributed by atoms with Crippen LogP contribution in [-0.2, 0) is 0 Å². The number of H-pyrrole nitrogens is 1. The molecule has 4 heteroatoms. The molecule has 1 heterocycles. The van der Waals surface area contributed by atoms with Gasteiger partial charge in [-0.15, -0.1) is 0 Å². The van der Waals surface area contributed by atoms with Crippen molar-refractivity contribution in [2.45, 2.75) is 6.92 Å². The lowest BCUT2D eigenvalue weighted by Gasteiger charge is -2.00. The third kappa shape index (κ3) is 1.87. The lowest BCUT2D eigenvalue weighted by atomic mass is 10.0. The molecule has 0 aliphatic rings. The van der Waals surface area contributed by atoms with E-state index in [0.717, 1.165) is 22.2 Å². The van der Waals surface area contributed by atoms with E-state index in [2.05, 4.69) is 10.2 Å². The number of nitrogens with zero attached hydrogens (tertiary/aromatic N) is 1. The number of aryl methyl sites for hydroxylation is 1. The number of hydrogen-bond donors (Lipinski definition) is 2. The zero-order chi connectivity index (χ0) is 13.4. The van der Waals surface area contributed by atoms with Crippen molar-refractivity contribution in [2.75, 3.05) is 0 Å². The molecular weight excluding hydrogens is 240 g/mol. The number of carboxylic acids is 1. The van der Waals surface area contributed by atoms with Gasteiger partial charge in [-0.1, -0.05) is 35.9 Å². The molecule has 0 amide bonds. The van der Waals surface area contributed by atoms with Crippen LogP contribution in [0.25, 0.3) is 22.2 Å². The van der Waals surface area contributed by atoms with E-state index >= 15 is 0 Å². The van der Waals surface area contributed by atoms with Gasteiger partial charge in [0, 0.05) is 10.9 Å². The van der Waals surface area contributed by atoms with Crippen molar-refractivity contribution < 1.29 is 9.90 Å². The van der Waals surface area contributed by atoms with Gasteiger partial charge >= 0.3 is 5.97 Å². The Kier molecular flexibility index (Phi) is 2.56. The molecule has 0 radical (unpaired) electrons. The predicted octanol–water partition coefficient (Wildman–Crippen LogP) is 3.24. The van der Waals surface area contributed by atoms with E-state index in [-0.39, 0.29) is 5.56 Å². The number of aromatic carboxylic acids is 1. The molecule has 0 fully saturated rings. The first-order valence-electron chi connectivity index (χ1n) is 5.94. The summed E-state index contributed by atoms with van der Waals surface area (Å²) in [6, 6.07) is 13.2. The minimum Gasteiger partial charge on any atom is -0.478 e. The van der Waals surface area contributed by atoms with Gasteiger partial charge in [-0.2, -0.15) is 5.10 Å². The lowest BCUT2D eigenvalue weighted by molar-refractivity contribution is 0.0699. The summed E-state index contributed by atoms with van der Waals surface area (Å²) < 4.78 is 0. The average molecular weight is 252 g/mol. The van der Waals surface area contributed by atoms with E-state index in [1.165, 1.54) is 0 Å². The highest BCUT2D eigenvalue weighted by molar-refractivity contribution is 6.05. The Balaban J connectivity index is 2.27. The van der Waals surface area contributed by atoms with Crippen LogP contribution in [0.5, 0.6) is 0 Å². The van der Waals surface area contributed by atoms with Crippen LogP contribution in [0.3, 0.4) is 0 Å². The Morgan fingerprint density at radius 2 is 2.00 bits per heavy atom. The van der Waals surface area contributed by atoms with Crippen molar-refractivity contribution in [1.29, 1.82) is 0 Å². The number of carboxylic acid groups (broad SMARTS) is 1. The van der Waals surface area contributed by atoms with E-state index in [1.807, 2.05) is 37.3 Å². The first-order valence-corrected chi connectivity index (χ1v) is 5.94. The van der Waals surface area contributed by atoms with Crippen LogP contribution in [0.4, 0.5) is 0 Å². The van der Waals surface area contributed by atoms with Crippen LogP contribution < -0.4 is 0 Å². The van der Waals surface area contributed by atoms with E-state index in [4.69, 9.17) is 5.11 Å². The Morgan fingerprint density at radius 1 is 1.21 bits per heavy atom. The second kappa shape index (κ2) is 4.24. The molecule has 4 nitrogen and oxygen atoms in total. The fourth-order valence-electron chi connectivity index (χ4n) is 2.23. The zero-order valence-corrected chi connectivity index (χ0v) is 10.3. The van der Waals surface area contributed by atoms with Gasteiger partial charge in [-0.05, 0) is 19.1 Å². The van der Waals surface area contributed by atoms with Crippen molar-refractivity contribution >= 4 is 16.9 Å². The Hall–Kier alpha value is -2.62. The first-order chi connectivity index (χ1) is 9.16. The maximum atomic E-state index is 11.2. The van der Waals surface area contributed by atoms with E-state index in [1.54, 1.807) is 12.1 Å². The van der Waals surface area contributed by atoms with Gasteiger partial charge in [0.25, 0.3) is 0 Å². The minimum absolute atomic E-state index is 0.240. The highest BCUT2D eigenvalue weighted by atomic mass is 16.4. The van der Waals surface area contributed by atoms with Crippen molar-refractivity contribution in [3.8, 4) is 11.3 Å². The zero-order valence-electron chi connectivity index (χ0n) is 10.3. The SMILES string of the molecule is Cc1cccc(-c2n[nH]c3c(C(=O)O)cccc23)c1. The molecule has 1 aromatic heterocycles. The van der Waals surface area contributed by atoms with Crippen LogP contribution in [0.15, 0.2) is 42.5 Å². The number of fused-ring (bicyclic) bond motifs is 1. The molecule has 94 valence electrons. The number of para-hydroxylation sites is 1. The molecule has 0 atom stereocenters. The molecule has 0 spiro atoms. The summed E-state index contributed by atoms with van der Waals surface area (Å²) in [6.07, 6.45) is 0. The summed E-state index contributed by atoms with van der Waals surface area (Å²) in [6.45, 7) is 2.01. The molecule has 0 aliphatic carbocycles. The van der Waals surface area contributed by atoms with Crippen molar-refractivity contribution in [3.63, 3.8) is 0 Å². The van der Waals surface area contributed by atoms with Gasteiger partial charge in [0.2, 0.25) is 0 Å². The largest absolute Gasteiger partial charge is 0.478 e. The topological polar surface area (TPSA) is 66.0 Å². The minimum atomic E-state index is -0.954. The maximum Gasteiger partial charge on any atom is 0.337 e. The van der Waals surface area contributed by atoms with Crippen LogP contribution in [-0.4, -0.2) is 21.3 Å². The number of aromatic amines is 1. The number of carbonyl (C=O) groups is 1. The number of rotatable bonds is 2. The Labute approximate surface area is 109 Å². The van der Waals surface area contributed by atoms with Gasteiger partial charge in [0.1, 0.15) is 0 Å². The summed E-state index contributed by atoms with van der Waals surface area (Å²) in [7, 11) is 0. The summed E-state index contributed by atoms with van der Waals surface area (Å²) in [5, 5.41) is 17.1. The highest BCUT2D eigenvalue weighted by Crippen LogP contribution is 2.28. The Bertz CT molecular complexity index is 775. The lowest BCUT2D eigenvalue weighted by Crippen LogP contribution is -1.96. The second-order valence-corrected chi connectivity index (χ2v) is 4.47. The number of benzene rings is 2. The van der Waals surface area contributed by atoms with Crippen molar-refractivity contribution in [3.05, 3.63) is 53.6 Å². The highest BCUT2D eigenvalue weighted by Gasteiger charge is 2.14. The third-order valence-electron chi connectivity index (χ3n) is 3.12. The van der Waals surface area contributed by atoms with Crippen LogP contribution in [0.1, 0.15) is 15.9 Å². The van der Waals surface area contributed by atoms with Crippen molar-refractivity contribution in [2.24, 2.45) is 0 Å². The molecule has 0 bridgehead atoms. The second-order valence-electron chi connectivity index (χ2n) is 4.47. The predicted molar refractivity (Wildman–Crippen MR) is 73.2 cm³/mol. The fourth-order valence-corrected chi connectivity index (χ4v) is 2.23. The molecule has 0 aliphatic heterocycles. The molecule has 0 saturated heterocycles. The molecular formula is C15H12N2O2. The van der Waals surface area contributed by atoms with E-state index < -0.39 is 5.97 Å². The van der Waals surface area contributed by atoms with Gasteiger partial charge in [0.15, 0.2) is 0 Å². The maximum absolute atomic E-state index is 11.2. The first kappa shape index (κ1) is 11.5. The third-order valence-corrected chi connectivity index (χ3v) is 3.12. The van der Waals surface area contributed by atoms with Crippen LogP contribution >= 0.6 is 0 Å². The molecule has 19 heavy (non-hydrogen) atoms. The molecule has 0 unspecified atom stereocenters. The monoisotopic (exact) mass is 252 g/mol. The summed E-state index contributed by atoms with van der Waals surface area (Å²) in [5.41, 5.74) is 3.70. The molecule has 2 aromatic carbocycles. The fraction of sp³-hybridized carbons (Fsp3) is 0.0667. The number of hydrogen-bond acceptors (Lipinski definition) is 2. The van der Waals surface area contributed by atoms with Gasteiger partial charge in [-0.25, -0.2) is 4.79 Å². The number of aromatic nitrogens is 2. The average Bonchev–Trinajstić information content (AvgIpc) is 2.82. The number of nitrogens with one attached hydrogen (secondary N) is 1. The van der Waals surface area contributed by atoms with Gasteiger partial charge in [-0.3, -0.25) is 5.10 Å². The van der Waals surface area contributed by atoms with Crippen LogP contribution in [0, 0.1) is 6.92 Å². The molecule has 0 saturated carbocycles. The molecule has 3 rings (SSSR count). The standard InChI is InChI=1S/C15H12N2O2/c1-9-4-2-5-10(8-9)13-11-6-3-7-12(15(18)19)14(11)17-16-13/h2-8H,1H3,(H,16,17)(H,18,19). The smallest absolute Gasteiger partial charge is 0.337 e. The summed E-state index contributed by atoms with van der Waals surface area (Å²) >= 11 is 0. The van der Waals surface area contributed by atoms with Gasteiger partial charge in [0.05, 0.1) is 16.8 Å². The van der Waals surface area contributed by atoms with Gasteiger partial charge < -0.3 is 5.11 Å². The summed E-state index contributed by atoms with van der Waals surface area (Å²) in [4.78, 5) is 11.2. The van der Waals surface area contributed by atoms with Crippen LogP contribution in [0.2, 0.25) is 0 Å². The molecule has 2 N–H and O–H groups in total. The Morgan fingerprint density at radius 3 is 2.74 bits per heavy atom.